The van der Waals surface area contributed by atoms with Gasteiger partial charge in [0.05, 0.1) is 42.9 Å². The normalized spacial score (nSPS) is 21.8. The summed E-state index contributed by atoms with van der Waals surface area (Å²) in [6.07, 6.45) is 9.96. The Morgan fingerprint density at radius 2 is 1.40 bits per heavy atom. The summed E-state index contributed by atoms with van der Waals surface area (Å²) >= 11 is 0. The number of amides is 3. The van der Waals surface area contributed by atoms with Crippen LogP contribution in [0.15, 0.2) is 79.3 Å². The van der Waals surface area contributed by atoms with Crippen molar-refractivity contribution in [3.8, 4) is 33.6 Å². The molecule has 3 aromatic heterocycles. The zero-order chi connectivity index (χ0) is 40.5. The van der Waals surface area contributed by atoms with E-state index in [0.29, 0.717) is 30.8 Å². The highest BCUT2D eigenvalue weighted by Crippen LogP contribution is 2.56. The molecule has 2 aliphatic carbocycles. The lowest BCUT2D eigenvalue weighted by Gasteiger charge is -2.30. The number of rotatable bonds is 12. The van der Waals surface area contributed by atoms with Crippen LogP contribution in [0.3, 0.4) is 0 Å². The van der Waals surface area contributed by atoms with Crippen molar-refractivity contribution >= 4 is 17.9 Å². The van der Waals surface area contributed by atoms with Gasteiger partial charge in [-0.15, -0.1) is 0 Å². The van der Waals surface area contributed by atoms with Gasteiger partial charge in [0.2, 0.25) is 11.8 Å². The van der Waals surface area contributed by atoms with Crippen molar-refractivity contribution in [2.45, 2.75) is 90.3 Å². The number of fused-ring (bicyclic) bond motifs is 2. The number of alkyl carbamates (subject to hydrolysis) is 1. The topological polar surface area (TPSA) is 158 Å². The molecule has 5 aromatic rings. The quantitative estimate of drug-likeness (QED) is 0.0995. The number of nitrogens with one attached hydrogen (secondary N) is 4. The Morgan fingerprint density at radius 1 is 0.776 bits per heavy atom. The monoisotopic (exact) mass is 782 g/mol. The van der Waals surface area contributed by atoms with Gasteiger partial charge in [-0.2, -0.15) is 0 Å². The highest BCUT2D eigenvalue weighted by atomic mass is 16.5. The van der Waals surface area contributed by atoms with E-state index in [-0.39, 0.29) is 35.6 Å². The molecule has 2 bridgehead atoms. The number of hydrogen-bond acceptors (Lipinski definition) is 7. The number of carbonyl (C=O) groups excluding carboxylic acids is 3. The van der Waals surface area contributed by atoms with Crippen LogP contribution in [0, 0.1) is 23.7 Å². The molecule has 0 radical (unpaired) electrons. The Morgan fingerprint density at radius 3 is 2.00 bits per heavy atom. The van der Waals surface area contributed by atoms with Crippen LogP contribution in [0.25, 0.3) is 33.6 Å². The summed E-state index contributed by atoms with van der Waals surface area (Å²) in [6, 6.07) is 20.1. The lowest BCUT2D eigenvalue weighted by Crippen LogP contribution is -2.51. The number of methoxy groups -OCH3 is 1. The number of carbonyl (C=O) groups is 3. The zero-order valence-electron chi connectivity index (χ0n) is 34.0. The number of hydrogen-bond donors (Lipinski definition) is 4. The van der Waals surface area contributed by atoms with Gasteiger partial charge in [-0.25, -0.2) is 14.8 Å². The Hall–Kier alpha value is -5.78. The molecular formula is C46H54N8O4. The third kappa shape index (κ3) is 7.88. The lowest BCUT2D eigenvalue weighted by atomic mass is 9.78. The fourth-order valence-electron chi connectivity index (χ4n) is 9.43. The van der Waals surface area contributed by atoms with E-state index in [1.54, 1.807) is 0 Å². The average Bonchev–Trinajstić information content (AvgIpc) is 4.10. The van der Waals surface area contributed by atoms with Crippen molar-refractivity contribution < 1.29 is 19.1 Å². The number of ether oxygens (including phenoxy) is 1. The van der Waals surface area contributed by atoms with Crippen LogP contribution in [0.2, 0.25) is 0 Å². The molecule has 3 aliphatic rings. The van der Waals surface area contributed by atoms with Gasteiger partial charge < -0.3 is 30.2 Å². The van der Waals surface area contributed by atoms with E-state index in [1.165, 1.54) is 7.11 Å². The highest BCUT2D eigenvalue weighted by Gasteiger charge is 2.52. The summed E-state index contributed by atoms with van der Waals surface area (Å²) in [5, 5.41) is 5.93. The molecule has 4 heterocycles. The minimum Gasteiger partial charge on any atom is -0.453 e. The van der Waals surface area contributed by atoms with Crippen LogP contribution >= 0.6 is 0 Å². The summed E-state index contributed by atoms with van der Waals surface area (Å²) in [7, 11) is 1.30. The van der Waals surface area contributed by atoms with Gasteiger partial charge in [0.15, 0.2) is 0 Å². The van der Waals surface area contributed by atoms with Crippen LogP contribution in [0.5, 0.6) is 0 Å². The summed E-state index contributed by atoms with van der Waals surface area (Å²) in [6.45, 7) is 9.17. The van der Waals surface area contributed by atoms with Crippen LogP contribution in [0.4, 0.5) is 4.79 Å². The fourth-order valence-corrected chi connectivity index (χ4v) is 9.43. The van der Waals surface area contributed by atoms with Gasteiger partial charge in [0.1, 0.15) is 17.7 Å². The second-order valence-corrected chi connectivity index (χ2v) is 16.9. The molecular weight excluding hydrogens is 729 g/mol. The third-order valence-electron chi connectivity index (χ3n) is 12.6. The first-order valence-electron chi connectivity index (χ1n) is 20.8. The smallest absolute Gasteiger partial charge is 0.407 e. The third-order valence-corrected chi connectivity index (χ3v) is 12.6. The van der Waals surface area contributed by atoms with E-state index in [9.17, 15) is 14.4 Å². The number of nitrogens with zero attached hydrogens (tertiary/aromatic N) is 4. The number of aromatic nitrogens is 5. The summed E-state index contributed by atoms with van der Waals surface area (Å²) < 4.78 is 4.77. The molecule has 58 heavy (non-hydrogen) atoms. The molecule has 4 N–H and O–H groups in total. The van der Waals surface area contributed by atoms with Crippen molar-refractivity contribution in [3.05, 3.63) is 102 Å². The number of imidazole rings is 2. The molecule has 1 saturated heterocycles. The van der Waals surface area contributed by atoms with Crippen molar-refractivity contribution in [2.24, 2.45) is 23.7 Å². The van der Waals surface area contributed by atoms with E-state index in [0.717, 1.165) is 88.7 Å². The highest BCUT2D eigenvalue weighted by molar-refractivity contribution is 5.86. The van der Waals surface area contributed by atoms with E-state index in [4.69, 9.17) is 14.7 Å². The average molecular weight is 783 g/mol. The van der Waals surface area contributed by atoms with E-state index in [1.807, 2.05) is 43.4 Å². The fraction of sp³-hybridized carbons (Fsp3) is 0.435. The maximum atomic E-state index is 13.7. The standard InChI is InChI=1S/C46H54N8O4/c1-26(2)35-19-8-28(22-47-35)23-50-44(55)40-34-18-17-33(21-34)39(40)43-49-25-37(52-43)32-15-11-30(12-16-32)29-9-13-31(14-10-29)36-24-48-42(51-36)38-7-6-20-54(38)45(56)41(27(3)4)53-46(57)58-5/h8-16,19,22,24-27,33-34,38-41H,6-7,17-18,20-21,23H2,1-5H3,(H,48,51)(H,49,52)(H,50,55)(H,53,57)/t33?,34?,38-,39+,40+,41-/m0/s1. The molecule has 8 rings (SSSR count). The SMILES string of the molecule is COC(=O)N[C@H](C(=O)N1CCC[C@H]1c1ncc(-c2ccc(-c3ccc(-c4cnc([C@@H]5C6CCC(C6)[C@H]5C(=O)NCc5ccc(C(C)C)nc5)[nH]4)cc3)cc2)[nH]1)C(C)C. The van der Waals surface area contributed by atoms with E-state index >= 15 is 0 Å². The molecule has 2 unspecified atom stereocenters. The molecule has 2 aromatic carbocycles. The van der Waals surface area contributed by atoms with Gasteiger partial charge in [0.25, 0.3) is 0 Å². The number of aromatic amines is 2. The van der Waals surface area contributed by atoms with Crippen molar-refractivity contribution in [2.75, 3.05) is 13.7 Å². The Kier molecular flexibility index (Phi) is 11.2. The van der Waals surface area contributed by atoms with Gasteiger partial charge >= 0.3 is 6.09 Å². The molecule has 0 spiro atoms. The molecule has 3 fully saturated rings. The number of H-pyrrole nitrogens is 2. The zero-order valence-corrected chi connectivity index (χ0v) is 34.0. The molecule has 2 saturated carbocycles. The van der Waals surface area contributed by atoms with Gasteiger partial charge in [-0.3, -0.25) is 14.6 Å². The molecule has 1 aliphatic heterocycles. The second kappa shape index (κ2) is 16.6. The van der Waals surface area contributed by atoms with Crippen molar-refractivity contribution in [1.82, 2.24) is 40.5 Å². The first kappa shape index (κ1) is 39.1. The summed E-state index contributed by atoms with van der Waals surface area (Å²) in [5.41, 5.74) is 8.13. The van der Waals surface area contributed by atoms with E-state index in [2.05, 4.69) is 94.0 Å². The van der Waals surface area contributed by atoms with Gasteiger partial charge in [0, 0.05) is 30.9 Å². The van der Waals surface area contributed by atoms with Crippen molar-refractivity contribution in [1.29, 1.82) is 0 Å². The maximum absolute atomic E-state index is 13.7. The first-order chi connectivity index (χ1) is 28.1. The molecule has 6 atom stereocenters. The van der Waals surface area contributed by atoms with Crippen molar-refractivity contribution in [3.63, 3.8) is 0 Å². The molecule has 3 amide bonds. The van der Waals surface area contributed by atoms with Crippen LogP contribution in [-0.2, 0) is 20.9 Å². The number of benzene rings is 2. The molecule has 12 heteroatoms. The van der Waals surface area contributed by atoms with Gasteiger partial charge in [-0.05, 0) is 89.7 Å². The van der Waals surface area contributed by atoms with E-state index < -0.39 is 12.1 Å². The summed E-state index contributed by atoms with van der Waals surface area (Å²) in [4.78, 5) is 62.2. The summed E-state index contributed by atoms with van der Waals surface area (Å²) in [5.74, 6) is 2.77. The van der Waals surface area contributed by atoms with Gasteiger partial charge in [-0.1, -0.05) is 82.3 Å². The largest absolute Gasteiger partial charge is 0.453 e. The van der Waals surface area contributed by atoms with Crippen LogP contribution < -0.4 is 10.6 Å². The minimum absolute atomic E-state index is 0.0831. The molecule has 12 nitrogen and oxygen atoms in total. The predicted octanol–water partition coefficient (Wildman–Crippen LogP) is 8.14. The minimum atomic E-state index is -0.678. The second-order valence-electron chi connectivity index (χ2n) is 16.9. The number of likely N-dealkylation sites (tertiary alicyclic amines) is 1. The van der Waals surface area contributed by atoms with Crippen LogP contribution in [-0.4, -0.2) is 67.4 Å². The maximum Gasteiger partial charge on any atom is 0.407 e. The number of pyridine rings is 1. The lowest BCUT2D eigenvalue weighted by molar-refractivity contribution is -0.135. The first-order valence-corrected chi connectivity index (χ1v) is 20.8. The van der Waals surface area contributed by atoms with Crippen LogP contribution in [0.1, 0.15) is 101 Å². The molecule has 302 valence electrons. The predicted molar refractivity (Wildman–Crippen MR) is 222 cm³/mol. The Balaban J connectivity index is 0.907. The Labute approximate surface area is 340 Å². The Bertz CT molecular complexity index is 2230.